The molecule has 1 heterocycles. The van der Waals surface area contributed by atoms with Crippen molar-refractivity contribution in [1.29, 1.82) is 0 Å². The topological polar surface area (TPSA) is 24.9 Å². The monoisotopic (exact) mass is 248 g/mol. The van der Waals surface area contributed by atoms with Gasteiger partial charge in [-0.05, 0) is 41.5 Å². The van der Waals surface area contributed by atoms with Gasteiger partial charge in [-0.15, -0.1) is 0 Å². The normalized spacial score (nSPS) is 13.0. The van der Waals surface area contributed by atoms with Crippen LogP contribution in [-0.4, -0.2) is 12.0 Å². The van der Waals surface area contributed by atoms with Crippen molar-refractivity contribution in [2.45, 2.75) is 13.0 Å². The average molecular weight is 250 g/mol. The van der Waals surface area contributed by atoms with Gasteiger partial charge < -0.3 is 5.32 Å². The zero-order valence-electron chi connectivity index (χ0n) is 6.94. The fraction of sp³-hybridized carbons (Fsp3) is 0.375. The van der Waals surface area contributed by atoms with Crippen molar-refractivity contribution < 1.29 is 0 Å². The lowest BCUT2D eigenvalue weighted by atomic mass is 10.1. The minimum absolute atomic E-state index is 0.278. The van der Waals surface area contributed by atoms with Crippen molar-refractivity contribution in [3.8, 4) is 0 Å². The van der Waals surface area contributed by atoms with Crippen LogP contribution in [0.25, 0.3) is 0 Å². The fourth-order valence-corrected chi connectivity index (χ4v) is 1.67. The molecular weight excluding hydrogens is 239 g/mol. The maximum atomic E-state index is 5.83. The second-order valence-electron chi connectivity index (χ2n) is 2.52. The molecule has 1 rings (SSSR count). The smallest absolute Gasteiger partial charge is 0.143 e. The molecule has 1 aromatic heterocycles. The van der Waals surface area contributed by atoms with Crippen molar-refractivity contribution in [1.82, 2.24) is 10.3 Å². The van der Waals surface area contributed by atoms with E-state index in [0.29, 0.717) is 5.15 Å². The van der Waals surface area contributed by atoms with Crippen LogP contribution in [0.15, 0.2) is 16.7 Å². The molecule has 0 fully saturated rings. The summed E-state index contributed by atoms with van der Waals surface area (Å²) >= 11 is 9.22. The van der Waals surface area contributed by atoms with Crippen LogP contribution in [-0.2, 0) is 0 Å². The van der Waals surface area contributed by atoms with Crippen molar-refractivity contribution in [3.63, 3.8) is 0 Å². The molecular formula is C8H10BrClN2. The molecule has 0 bridgehead atoms. The summed E-state index contributed by atoms with van der Waals surface area (Å²) in [6.45, 7) is 2.07. The summed E-state index contributed by atoms with van der Waals surface area (Å²) < 4.78 is 0.869. The first-order valence-electron chi connectivity index (χ1n) is 3.64. The molecule has 2 nitrogen and oxygen atoms in total. The summed E-state index contributed by atoms with van der Waals surface area (Å²) in [6.07, 6.45) is 1.70. The lowest BCUT2D eigenvalue weighted by Gasteiger charge is -2.12. The van der Waals surface area contributed by atoms with Crippen LogP contribution >= 0.6 is 27.5 Å². The average Bonchev–Trinajstić information content (AvgIpc) is 2.08. The predicted molar refractivity (Wildman–Crippen MR) is 54.4 cm³/mol. The van der Waals surface area contributed by atoms with E-state index in [1.165, 1.54) is 0 Å². The van der Waals surface area contributed by atoms with Gasteiger partial charge in [0, 0.05) is 12.2 Å². The fourth-order valence-electron chi connectivity index (χ4n) is 0.922. The van der Waals surface area contributed by atoms with E-state index >= 15 is 0 Å². The predicted octanol–water partition coefficient (Wildman–Crippen LogP) is 2.78. The van der Waals surface area contributed by atoms with E-state index in [2.05, 4.69) is 33.2 Å². The molecule has 1 atom stereocenters. The van der Waals surface area contributed by atoms with Gasteiger partial charge in [-0.25, -0.2) is 4.98 Å². The molecule has 0 aliphatic carbocycles. The lowest BCUT2D eigenvalue weighted by Crippen LogP contribution is -2.13. The maximum absolute atomic E-state index is 5.83. The molecule has 0 aromatic carbocycles. The molecule has 1 N–H and O–H groups in total. The highest BCUT2D eigenvalue weighted by molar-refractivity contribution is 9.10. The standard InChI is InChI=1S/C8H10BrClN2/c1-5(11-2)6-3-4-12-8(10)7(6)9/h3-5,11H,1-2H3. The third-order valence-electron chi connectivity index (χ3n) is 1.78. The Balaban J connectivity index is 3.07. The van der Waals surface area contributed by atoms with Crippen molar-refractivity contribution in [2.75, 3.05) is 7.05 Å². The molecule has 0 amide bonds. The van der Waals surface area contributed by atoms with Gasteiger partial charge in [-0.1, -0.05) is 11.6 Å². The van der Waals surface area contributed by atoms with Crippen LogP contribution in [0.5, 0.6) is 0 Å². The van der Waals surface area contributed by atoms with E-state index in [-0.39, 0.29) is 6.04 Å². The molecule has 0 radical (unpaired) electrons. The zero-order chi connectivity index (χ0) is 9.14. The van der Waals surface area contributed by atoms with E-state index in [4.69, 9.17) is 11.6 Å². The van der Waals surface area contributed by atoms with Crippen LogP contribution < -0.4 is 5.32 Å². The molecule has 1 unspecified atom stereocenters. The Morgan fingerprint density at radius 2 is 2.33 bits per heavy atom. The second-order valence-corrected chi connectivity index (χ2v) is 3.67. The Kier molecular flexibility index (Phi) is 3.50. The molecule has 0 aliphatic heterocycles. The summed E-state index contributed by atoms with van der Waals surface area (Å²) in [6, 6.07) is 2.22. The van der Waals surface area contributed by atoms with Gasteiger partial charge in [-0.2, -0.15) is 0 Å². The third-order valence-corrected chi connectivity index (χ3v) is 3.12. The van der Waals surface area contributed by atoms with E-state index in [1.54, 1.807) is 6.20 Å². The number of hydrogen-bond acceptors (Lipinski definition) is 2. The summed E-state index contributed by atoms with van der Waals surface area (Å²) in [5.41, 5.74) is 1.12. The number of nitrogens with one attached hydrogen (secondary N) is 1. The molecule has 4 heteroatoms. The summed E-state index contributed by atoms with van der Waals surface area (Å²) in [7, 11) is 1.91. The van der Waals surface area contributed by atoms with Gasteiger partial charge in [-0.3, -0.25) is 0 Å². The first-order chi connectivity index (χ1) is 5.66. The minimum atomic E-state index is 0.278. The highest BCUT2D eigenvalue weighted by Crippen LogP contribution is 2.27. The molecule has 12 heavy (non-hydrogen) atoms. The van der Waals surface area contributed by atoms with Crippen LogP contribution in [0.1, 0.15) is 18.5 Å². The van der Waals surface area contributed by atoms with Crippen molar-refractivity contribution >= 4 is 27.5 Å². The van der Waals surface area contributed by atoms with Gasteiger partial charge in [0.15, 0.2) is 0 Å². The van der Waals surface area contributed by atoms with E-state index in [9.17, 15) is 0 Å². The summed E-state index contributed by atoms with van der Waals surface area (Å²) in [4.78, 5) is 3.95. The van der Waals surface area contributed by atoms with Crippen molar-refractivity contribution in [3.05, 3.63) is 27.5 Å². The molecule has 0 saturated heterocycles. The summed E-state index contributed by atoms with van der Waals surface area (Å²) in [5, 5.41) is 3.64. The van der Waals surface area contributed by atoms with Gasteiger partial charge >= 0.3 is 0 Å². The van der Waals surface area contributed by atoms with Crippen LogP contribution in [0.4, 0.5) is 0 Å². The van der Waals surface area contributed by atoms with E-state index < -0.39 is 0 Å². The maximum Gasteiger partial charge on any atom is 0.143 e. The molecule has 66 valence electrons. The Morgan fingerprint density at radius 3 is 2.92 bits per heavy atom. The summed E-state index contributed by atoms with van der Waals surface area (Å²) in [5.74, 6) is 0. The lowest BCUT2D eigenvalue weighted by molar-refractivity contribution is 0.648. The zero-order valence-corrected chi connectivity index (χ0v) is 9.28. The number of halogens is 2. The van der Waals surface area contributed by atoms with Gasteiger partial charge in [0.25, 0.3) is 0 Å². The number of hydrogen-bond donors (Lipinski definition) is 1. The Morgan fingerprint density at radius 1 is 1.67 bits per heavy atom. The highest BCUT2D eigenvalue weighted by atomic mass is 79.9. The van der Waals surface area contributed by atoms with Crippen molar-refractivity contribution in [2.24, 2.45) is 0 Å². The van der Waals surface area contributed by atoms with Gasteiger partial charge in [0.05, 0.1) is 4.47 Å². The van der Waals surface area contributed by atoms with Crippen LogP contribution in [0.3, 0.4) is 0 Å². The Bertz CT molecular complexity index is 278. The highest BCUT2D eigenvalue weighted by Gasteiger charge is 2.09. The Labute approximate surface area is 85.5 Å². The first kappa shape index (κ1) is 9.96. The van der Waals surface area contributed by atoms with E-state index in [1.807, 2.05) is 13.1 Å². The number of aromatic nitrogens is 1. The molecule has 0 spiro atoms. The van der Waals surface area contributed by atoms with Gasteiger partial charge in [0.2, 0.25) is 0 Å². The third kappa shape index (κ3) is 1.97. The molecule has 0 aliphatic rings. The quantitative estimate of drug-likeness (QED) is 0.815. The largest absolute Gasteiger partial charge is 0.313 e. The number of rotatable bonds is 2. The van der Waals surface area contributed by atoms with Crippen LogP contribution in [0, 0.1) is 0 Å². The Hall–Kier alpha value is -0.120. The first-order valence-corrected chi connectivity index (χ1v) is 4.81. The van der Waals surface area contributed by atoms with Crippen LogP contribution in [0.2, 0.25) is 5.15 Å². The number of nitrogens with zero attached hydrogens (tertiary/aromatic N) is 1. The SMILES string of the molecule is CNC(C)c1ccnc(Cl)c1Br. The second kappa shape index (κ2) is 4.21. The molecule has 0 saturated carbocycles. The number of pyridine rings is 1. The van der Waals surface area contributed by atoms with E-state index in [0.717, 1.165) is 10.0 Å². The van der Waals surface area contributed by atoms with Gasteiger partial charge in [0.1, 0.15) is 5.15 Å². The molecule has 1 aromatic rings. The minimum Gasteiger partial charge on any atom is -0.313 e.